The van der Waals surface area contributed by atoms with Crippen LogP contribution in [0.2, 0.25) is 0 Å². The van der Waals surface area contributed by atoms with Crippen molar-refractivity contribution in [2.45, 2.75) is 45.1 Å². The summed E-state index contributed by atoms with van der Waals surface area (Å²) in [4.78, 5) is 13.6. The first-order valence-electron chi connectivity index (χ1n) is 5.83. The highest BCUT2D eigenvalue weighted by Crippen LogP contribution is 2.39. The molecule has 15 heavy (non-hydrogen) atoms. The van der Waals surface area contributed by atoms with Crippen molar-refractivity contribution in [2.24, 2.45) is 11.8 Å². The third kappa shape index (κ3) is 2.33. The lowest BCUT2D eigenvalue weighted by Gasteiger charge is -2.43. The summed E-state index contributed by atoms with van der Waals surface area (Å²) in [6, 6.07) is 0. The molecule has 1 saturated carbocycles. The average Bonchev–Trinajstić information content (AvgIpc) is 2.17. The summed E-state index contributed by atoms with van der Waals surface area (Å²) >= 11 is 0. The van der Waals surface area contributed by atoms with Gasteiger partial charge in [0.15, 0.2) is 0 Å². The molecule has 1 fully saturated rings. The third-order valence-electron chi connectivity index (χ3n) is 3.66. The Bertz CT molecular complexity index is 238. The zero-order valence-electron chi connectivity index (χ0n) is 10.3. The Labute approximate surface area is 92.5 Å². The van der Waals surface area contributed by atoms with Crippen LogP contribution in [0.4, 0.5) is 0 Å². The topological polar surface area (TPSA) is 40.5 Å². The molecule has 0 aromatic carbocycles. The van der Waals surface area contributed by atoms with Crippen molar-refractivity contribution in [2.75, 3.05) is 14.1 Å². The minimum absolute atomic E-state index is 0.0749. The van der Waals surface area contributed by atoms with Gasteiger partial charge >= 0.3 is 0 Å². The molecule has 3 heteroatoms. The molecule has 1 aliphatic rings. The summed E-state index contributed by atoms with van der Waals surface area (Å²) in [7, 11) is 3.52. The summed E-state index contributed by atoms with van der Waals surface area (Å²) in [5.41, 5.74) is -0.792. The van der Waals surface area contributed by atoms with E-state index in [0.29, 0.717) is 0 Å². The number of aliphatic hydroxyl groups is 1. The van der Waals surface area contributed by atoms with Crippen molar-refractivity contribution < 1.29 is 9.90 Å². The van der Waals surface area contributed by atoms with Crippen LogP contribution in [-0.4, -0.2) is 35.6 Å². The minimum Gasteiger partial charge on any atom is -0.389 e. The fourth-order valence-electron chi connectivity index (χ4n) is 2.52. The van der Waals surface area contributed by atoms with Crippen molar-refractivity contribution in [1.82, 2.24) is 4.90 Å². The number of nitrogens with zero attached hydrogens (tertiary/aromatic N) is 1. The van der Waals surface area contributed by atoms with Crippen LogP contribution in [0.15, 0.2) is 0 Å². The van der Waals surface area contributed by atoms with E-state index in [-0.39, 0.29) is 17.7 Å². The van der Waals surface area contributed by atoms with Gasteiger partial charge < -0.3 is 10.0 Å². The maximum atomic E-state index is 12.0. The molecule has 0 aromatic heterocycles. The van der Waals surface area contributed by atoms with E-state index < -0.39 is 5.60 Å². The lowest BCUT2D eigenvalue weighted by Crippen LogP contribution is -2.51. The molecular weight excluding hydrogens is 190 g/mol. The molecule has 0 bridgehead atoms. The van der Waals surface area contributed by atoms with Gasteiger partial charge in [-0.1, -0.05) is 26.7 Å². The summed E-state index contributed by atoms with van der Waals surface area (Å²) < 4.78 is 0. The highest BCUT2D eigenvalue weighted by atomic mass is 16.3. The van der Waals surface area contributed by atoms with E-state index in [1.165, 1.54) is 0 Å². The number of hydrogen-bond donors (Lipinski definition) is 1. The first-order chi connectivity index (χ1) is 6.89. The van der Waals surface area contributed by atoms with Crippen LogP contribution in [0.1, 0.15) is 39.5 Å². The molecule has 1 rings (SSSR count). The Kier molecular flexibility index (Phi) is 3.77. The second kappa shape index (κ2) is 4.52. The molecule has 1 aliphatic carbocycles. The van der Waals surface area contributed by atoms with E-state index in [4.69, 9.17) is 0 Å². The first kappa shape index (κ1) is 12.5. The van der Waals surface area contributed by atoms with Gasteiger partial charge in [0, 0.05) is 14.1 Å². The Balaban J connectivity index is 2.87. The summed E-state index contributed by atoms with van der Waals surface area (Å²) in [5, 5.41) is 10.6. The molecule has 1 N–H and O–H groups in total. The predicted molar refractivity (Wildman–Crippen MR) is 60.4 cm³/mol. The van der Waals surface area contributed by atoms with E-state index in [1.807, 2.05) is 13.8 Å². The monoisotopic (exact) mass is 213 g/mol. The largest absolute Gasteiger partial charge is 0.389 e. The van der Waals surface area contributed by atoms with Gasteiger partial charge in [-0.2, -0.15) is 0 Å². The van der Waals surface area contributed by atoms with Crippen molar-refractivity contribution in [3.05, 3.63) is 0 Å². The molecule has 0 saturated heterocycles. The van der Waals surface area contributed by atoms with E-state index in [1.54, 1.807) is 19.0 Å². The summed E-state index contributed by atoms with van der Waals surface area (Å²) in [6.45, 7) is 4.00. The summed E-state index contributed by atoms with van der Waals surface area (Å²) in [6.07, 6.45) is 3.67. The van der Waals surface area contributed by atoms with Crippen molar-refractivity contribution in [3.63, 3.8) is 0 Å². The number of rotatable bonds is 2. The second-order valence-corrected chi connectivity index (χ2v) is 5.18. The van der Waals surface area contributed by atoms with Gasteiger partial charge in [0.1, 0.15) is 0 Å². The molecule has 1 amide bonds. The van der Waals surface area contributed by atoms with Crippen LogP contribution in [0, 0.1) is 11.8 Å². The summed E-state index contributed by atoms with van der Waals surface area (Å²) in [5.74, 6) is 0.0128. The standard InChI is InChI=1S/C12H23NO2/c1-9(2)12(15)8-6-5-7-10(12)11(14)13(3)4/h9-10,15H,5-8H2,1-4H3/t10-,12+/m1/s1. The molecule has 0 heterocycles. The SMILES string of the molecule is CC(C)[C@@]1(O)CCCC[C@@H]1C(=O)N(C)C. The van der Waals surface area contributed by atoms with Gasteiger partial charge in [0.2, 0.25) is 5.91 Å². The van der Waals surface area contributed by atoms with Crippen LogP contribution in [0.3, 0.4) is 0 Å². The fourth-order valence-corrected chi connectivity index (χ4v) is 2.52. The number of hydrogen-bond acceptors (Lipinski definition) is 2. The maximum Gasteiger partial charge on any atom is 0.228 e. The molecule has 88 valence electrons. The Hall–Kier alpha value is -0.570. The Morgan fingerprint density at radius 3 is 2.47 bits per heavy atom. The minimum atomic E-state index is -0.792. The van der Waals surface area contributed by atoms with Crippen LogP contribution in [0.5, 0.6) is 0 Å². The molecule has 0 spiro atoms. The molecule has 2 atom stereocenters. The van der Waals surface area contributed by atoms with Crippen LogP contribution in [-0.2, 0) is 4.79 Å². The quantitative estimate of drug-likeness (QED) is 0.757. The van der Waals surface area contributed by atoms with Gasteiger partial charge in [-0.15, -0.1) is 0 Å². The molecular formula is C12H23NO2. The molecule has 0 unspecified atom stereocenters. The van der Waals surface area contributed by atoms with Crippen molar-refractivity contribution in [1.29, 1.82) is 0 Å². The van der Waals surface area contributed by atoms with Gasteiger partial charge in [-0.25, -0.2) is 0 Å². The highest BCUT2D eigenvalue weighted by molar-refractivity contribution is 5.79. The average molecular weight is 213 g/mol. The smallest absolute Gasteiger partial charge is 0.228 e. The van der Waals surface area contributed by atoms with E-state index >= 15 is 0 Å². The lowest BCUT2D eigenvalue weighted by molar-refractivity contribution is -0.152. The first-order valence-corrected chi connectivity index (χ1v) is 5.83. The number of carbonyl (C=O) groups excluding carboxylic acids is 1. The van der Waals surface area contributed by atoms with Gasteiger partial charge in [0.05, 0.1) is 11.5 Å². The second-order valence-electron chi connectivity index (χ2n) is 5.18. The lowest BCUT2D eigenvalue weighted by atomic mass is 9.69. The Morgan fingerprint density at radius 1 is 1.40 bits per heavy atom. The van der Waals surface area contributed by atoms with Crippen LogP contribution in [0.25, 0.3) is 0 Å². The number of amides is 1. The van der Waals surface area contributed by atoms with Gasteiger partial charge in [-0.3, -0.25) is 4.79 Å². The Morgan fingerprint density at radius 2 is 2.00 bits per heavy atom. The third-order valence-corrected chi connectivity index (χ3v) is 3.66. The van der Waals surface area contributed by atoms with Gasteiger partial charge in [0.25, 0.3) is 0 Å². The van der Waals surface area contributed by atoms with Crippen molar-refractivity contribution >= 4 is 5.91 Å². The predicted octanol–water partition coefficient (Wildman–Crippen LogP) is 1.65. The zero-order valence-corrected chi connectivity index (χ0v) is 10.3. The number of carbonyl (C=O) groups is 1. The zero-order chi connectivity index (χ0) is 11.6. The molecule has 3 nitrogen and oxygen atoms in total. The fraction of sp³-hybridized carbons (Fsp3) is 0.917. The van der Waals surface area contributed by atoms with E-state index in [9.17, 15) is 9.90 Å². The van der Waals surface area contributed by atoms with Crippen LogP contribution < -0.4 is 0 Å². The molecule has 0 aliphatic heterocycles. The van der Waals surface area contributed by atoms with Gasteiger partial charge in [-0.05, 0) is 18.8 Å². The highest BCUT2D eigenvalue weighted by Gasteiger charge is 2.45. The van der Waals surface area contributed by atoms with Crippen molar-refractivity contribution in [3.8, 4) is 0 Å². The molecule has 0 radical (unpaired) electrons. The normalized spacial score (nSPS) is 31.7. The van der Waals surface area contributed by atoms with Crippen LogP contribution >= 0.6 is 0 Å². The van der Waals surface area contributed by atoms with E-state index in [2.05, 4.69) is 0 Å². The maximum absolute atomic E-state index is 12.0. The van der Waals surface area contributed by atoms with E-state index in [0.717, 1.165) is 25.7 Å². The molecule has 0 aromatic rings.